The first-order valence-corrected chi connectivity index (χ1v) is 7.73. The molecule has 0 aliphatic heterocycles. The average molecular weight is 323 g/mol. The number of aromatic hydroxyl groups is 1. The summed E-state index contributed by atoms with van der Waals surface area (Å²) in [7, 11) is 0. The Kier molecular flexibility index (Phi) is 8.07. The highest BCUT2D eigenvalue weighted by Gasteiger charge is 2.20. The van der Waals surface area contributed by atoms with Crippen molar-refractivity contribution in [2.24, 2.45) is 0 Å². The van der Waals surface area contributed by atoms with Gasteiger partial charge in [0.05, 0.1) is 6.42 Å². The summed E-state index contributed by atoms with van der Waals surface area (Å²) in [5.41, 5.74) is 0.514. The van der Waals surface area contributed by atoms with Gasteiger partial charge in [0.15, 0.2) is 0 Å². The first kappa shape index (κ1) is 18.9. The van der Waals surface area contributed by atoms with Crippen LogP contribution in [-0.4, -0.2) is 59.2 Å². The molecular formula is C16H25N3O4. The molecule has 1 aromatic carbocycles. The number of rotatable bonds is 10. The molecule has 0 aliphatic rings. The summed E-state index contributed by atoms with van der Waals surface area (Å²) >= 11 is 0. The number of phenols is 1. The lowest BCUT2D eigenvalue weighted by Crippen LogP contribution is -2.43. The topological polar surface area (TPSA) is 102 Å². The number of nitrogens with one attached hydrogen (secondary N) is 2. The number of carbonyl (C=O) groups excluding carboxylic acids is 1. The summed E-state index contributed by atoms with van der Waals surface area (Å²) in [6.07, 6.45) is -0.158. The second-order valence-electron chi connectivity index (χ2n) is 5.17. The van der Waals surface area contributed by atoms with Gasteiger partial charge in [0, 0.05) is 18.8 Å². The van der Waals surface area contributed by atoms with Gasteiger partial charge in [-0.25, -0.2) is 0 Å². The van der Waals surface area contributed by atoms with Crippen LogP contribution in [0.1, 0.15) is 20.3 Å². The van der Waals surface area contributed by atoms with E-state index in [9.17, 15) is 19.8 Å². The predicted molar refractivity (Wildman–Crippen MR) is 88.6 cm³/mol. The molecule has 1 atom stereocenters. The van der Waals surface area contributed by atoms with Crippen LogP contribution >= 0.6 is 0 Å². The zero-order valence-corrected chi connectivity index (χ0v) is 13.6. The fraction of sp³-hybridized carbons (Fsp3) is 0.500. The first-order valence-electron chi connectivity index (χ1n) is 7.73. The summed E-state index contributed by atoms with van der Waals surface area (Å²) in [6, 6.07) is 5.08. The highest BCUT2D eigenvalue weighted by Crippen LogP contribution is 2.14. The summed E-state index contributed by atoms with van der Waals surface area (Å²) in [6.45, 7) is 7.13. The van der Waals surface area contributed by atoms with Crippen LogP contribution in [-0.2, 0) is 9.59 Å². The van der Waals surface area contributed by atoms with Crippen LogP contribution in [0.2, 0.25) is 0 Å². The van der Waals surface area contributed by atoms with E-state index >= 15 is 0 Å². The van der Waals surface area contributed by atoms with Crippen LogP contribution in [0.15, 0.2) is 24.3 Å². The lowest BCUT2D eigenvalue weighted by molar-refractivity contribution is -0.141. The van der Waals surface area contributed by atoms with Crippen molar-refractivity contribution in [2.75, 3.05) is 31.5 Å². The third-order valence-electron chi connectivity index (χ3n) is 3.55. The van der Waals surface area contributed by atoms with E-state index < -0.39 is 17.9 Å². The monoisotopic (exact) mass is 323 g/mol. The predicted octanol–water partition coefficient (Wildman–Crippen LogP) is 1.11. The van der Waals surface area contributed by atoms with E-state index in [1.165, 1.54) is 12.1 Å². The molecular weight excluding hydrogens is 298 g/mol. The minimum absolute atomic E-state index is 0.101. The van der Waals surface area contributed by atoms with Gasteiger partial charge in [0.1, 0.15) is 11.8 Å². The Morgan fingerprint density at radius 1 is 1.17 bits per heavy atom. The number of hydrogen-bond acceptors (Lipinski definition) is 5. The number of anilines is 1. The Morgan fingerprint density at radius 2 is 1.78 bits per heavy atom. The van der Waals surface area contributed by atoms with Crippen molar-refractivity contribution in [3.05, 3.63) is 24.3 Å². The zero-order chi connectivity index (χ0) is 17.2. The van der Waals surface area contributed by atoms with E-state index in [1.54, 1.807) is 12.1 Å². The van der Waals surface area contributed by atoms with Crippen LogP contribution in [0.5, 0.6) is 5.75 Å². The third kappa shape index (κ3) is 7.12. The number of carbonyl (C=O) groups is 2. The van der Waals surface area contributed by atoms with Gasteiger partial charge in [0.25, 0.3) is 0 Å². The normalized spacial score (nSPS) is 12.1. The fourth-order valence-corrected chi connectivity index (χ4v) is 2.13. The number of carboxylic acids is 1. The second kappa shape index (κ2) is 9.81. The highest BCUT2D eigenvalue weighted by molar-refractivity contribution is 5.94. The molecule has 0 fully saturated rings. The molecule has 0 aliphatic carbocycles. The van der Waals surface area contributed by atoms with Crippen LogP contribution in [0, 0.1) is 0 Å². The molecule has 23 heavy (non-hydrogen) atoms. The molecule has 0 radical (unpaired) electrons. The van der Waals surface area contributed by atoms with Crippen molar-refractivity contribution in [3.63, 3.8) is 0 Å². The third-order valence-corrected chi connectivity index (χ3v) is 3.55. The molecule has 1 rings (SSSR count). The van der Waals surface area contributed by atoms with E-state index in [0.717, 1.165) is 19.6 Å². The molecule has 0 bridgehead atoms. The van der Waals surface area contributed by atoms with Crippen molar-refractivity contribution in [3.8, 4) is 5.75 Å². The number of phenolic OH excluding ortho intramolecular Hbond substituents is 1. The van der Waals surface area contributed by atoms with Crippen LogP contribution in [0.25, 0.3) is 0 Å². The standard InChI is InChI=1S/C16H25N3O4/c1-3-19(4-2)10-9-17-14(16(22)23)11-15(21)18-12-5-7-13(20)8-6-12/h5-8,14,17,20H,3-4,9-11H2,1-2H3,(H,18,21)(H,22,23)/t14-/m0/s1. The van der Waals surface area contributed by atoms with Gasteiger partial charge in [-0.05, 0) is 37.4 Å². The minimum Gasteiger partial charge on any atom is -0.508 e. The average Bonchev–Trinajstić information content (AvgIpc) is 2.52. The Hall–Kier alpha value is -2.12. The Balaban J connectivity index is 2.46. The number of likely N-dealkylation sites (N-methyl/N-ethyl adjacent to an activating group) is 1. The maximum atomic E-state index is 11.9. The van der Waals surface area contributed by atoms with Gasteiger partial charge in [-0.3, -0.25) is 9.59 Å². The van der Waals surface area contributed by atoms with Gasteiger partial charge < -0.3 is 25.7 Å². The molecule has 4 N–H and O–H groups in total. The summed E-state index contributed by atoms with van der Waals surface area (Å²) < 4.78 is 0. The smallest absolute Gasteiger partial charge is 0.321 e. The quantitative estimate of drug-likeness (QED) is 0.481. The van der Waals surface area contributed by atoms with Crippen LogP contribution in [0.3, 0.4) is 0 Å². The van der Waals surface area contributed by atoms with Crippen molar-refractivity contribution < 1.29 is 19.8 Å². The first-order chi connectivity index (χ1) is 11.0. The Morgan fingerprint density at radius 3 is 2.30 bits per heavy atom. The molecule has 0 unspecified atom stereocenters. The van der Waals surface area contributed by atoms with E-state index in [1.807, 2.05) is 13.8 Å². The lowest BCUT2D eigenvalue weighted by atomic mass is 10.2. The Labute approximate surface area is 136 Å². The van der Waals surface area contributed by atoms with Gasteiger partial charge in [-0.2, -0.15) is 0 Å². The molecule has 0 aromatic heterocycles. The Bertz CT molecular complexity index is 501. The lowest BCUT2D eigenvalue weighted by Gasteiger charge is -2.20. The minimum atomic E-state index is -1.05. The molecule has 7 heteroatoms. The van der Waals surface area contributed by atoms with E-state index in [2.05, 4.69) is 15.5 Å². The molecule has 1 amide bonds. The molecule has 0 saturated heterocycles. The molecule has 0 heterocycles. The number of nitrogens with zero attached hydrogens (tertiary/aromatic N) is 1. The van der Waals surface area contributed by atoms with E-state index in [0.29, 0.717) is 12.2 Å². The molecule has 1 aromatic rings. The number of aliphatic carboxylic acids is 1. The molecule has 128 valence electrons. The zero-order valence-electron chi connectivity index (χ0n) is 13.6. The van der Waals surface area contributed by atoms with Gasteiger partial charge in [0.2, 0.25) is 5.91 Å². The maximum absolute atomic E-state index is 11.9. The second-order valence-corrected chi connectivity index (χ2v) is 5.17. The number of benzene rings is 1. The van der Waals surface area contributed by atoms with Gasteiger partial charge in [-0.1, -0.05) is 13.8 Å². The van der Waals surface area contributed by atoms with E-state index in [-0.39, 0.29) is 12.2 Å². The number of carboxylic acid groups (broad SMARTS) is 1. The highest BCUT2D eigenvalue weighted by atomic mass is 16.4. The van der Waals surface area contributed by atoms with Crippen molar-refractivity contribution in [2.45, 2.75) is 26.3 Å². The van der Waals surface area contributed by atoms with Crippen LogP contribution < -0.4 is 10.6 Å². The van der Waals surface area contributed by atoms with Gasteiger partial charge >= 0.3 is 5.97 Å². The molecule has 0 saturated carbocycles. The molecule has 7 nitrogen and oxygen atoms in total. The fourth-order valence-electron chi connectivity index (χ4n) is 2.13. The number of amides is 1. The van der Waals surface area contributed by atoms with Crippen molar-refractivity contribution in [1.29, 1.82) is 0 Å². The maximum Gasteiger partial charge on any atom is 0.321 e. The summed E-state index contributed by atoms with van der Waals surface area (Å²) in [5, 5.41) is 23.9. The molecule has 0 spiro atoms. The SMILES string of the molecule is CCN(CC)CCN[C@@H](CC(=O)Nc1ccc(O)cc1)C(=O)O. The van der Waals surface area contributed by atoms with Crippen molar-refractivity contribution in [1.82, 2.24) is 10.2 Å². The summed E-state index contributed by atoms with van der Waals surface area (Å²) in [4.78, 5) is 25.4. The largest absolute Gasteiger partial charge is 0.508 e. The number of hydrogen-bond donors (Lipinski definition) is 4. The van der Waals surface area contributed by atoms with E-state index in [4.69, 9.17) is 0 Å². The van der Waals surface area contributed by atoms with Gasteiger partial charge in [-0.15, -0.1) is 0 Å². The summed E-state index contributed by atoms with van der Waals surface area (Å²) in [5.74, 6) is -1.34. The van der Waals surface area contributed by atoms with Crippen LogP contribution in [0.4, 0.5) is 5.69 Å². The van der Waals surface area contributed by atoms with Crippen molar-refractivity contribution >= 4 is 17.6 Å².